The molecule has 6 heteroatoms. The molecule has 1 heterocycles. The molecule has 0 bridgehead atoms. The Balaban J connectivity index is 1.44. The number of imidazole rings is 1. The molecular weight excluding hydrogens is 424 g/mol. The smallest absolute Gasteiger partial charge is 0.251 e. The van der Waals surface area contributed by atoms with Gasteiger partial charge in [0.15, 0.2) is 0 Å². The van der Waals surface area contributed by atoms with Crippen LogP contribution in [-0.2, 0) is 17.8 Å². The summed E-state index contributed by atoms with van der Waals surface area (Å²) in [6.07, 6.45) is 1.38. The molecule has 34 heavy (non-hydrogen) atoms. The fourth-order valence-electron chi connectivity index (χ4n) is 4.14. The molecule has 0 saturated carbocycles. The van der Waals surface area contributed by atoms with E-state index in [1.165, 1.54) is 0 Å². The van der Waals surface area contributed by atoms with E-state index >= 15 is 0 Å². The number of nitrogens with zero attached hydrogens (tertiary/aromatic N) is 3. The second kappa shape index (κ2) is 10.3. The summed E-state index contributed by atoms with van der Waals surface area (Å²) in [5.41, 5.74) is 5.47. The summed E-state index contributed by atoms with van der Waals surface area (Å²) in [5.74, 6) is 0.765. The molecule has 4 rings (SSSR count). The monoisotopic (exact) mass is 454 g/mol. The minimum atomic E-state index is -0.0642. The SMILES string of the molecule is Cc1ccc(C(=O)NCCCc2nc3ccccc3n2CC(=O)N(C)c2ccccc2)c(C)c1. The molecule has 0 atom stereocenters. The summed E-state index contributed by atoms with van der Waals surface area (Å²) in [4.78, 5) is 32.1. The molecule has 0 aliphatic carbocycles. The maximum absolute atomic E-state index is 13.1. The zero-order valence-electron chi connectivity index (χ0n) is 19.9. The minimum absolute atomic E-state index is 0.0150. The zero-order chi connectivity index (χ0) is 24.1. The highest BCUT2D eigenvalue weighted by atomic mass is 16.2. The van der Waals surface area contributed by atoms with Gasteiger partial charge in [0.25, 0.3) is 5.91 Å². The number of anilines is 1. The second-order valence-corrected chi connectivity index (χ2v) is 8.57. The fourth-order valence-corrected chi connectivity index (χ4v) is 4.14. The van der Waals surface area contributed by atoms with E-state index in [-0.39, 0.29) is 18.4 Å². The van der Waals surface area contributed by atoms with Crippen LogP contribution in [0.1, 0.15) is 33.7 Å². The third-order valence-electron chi connectivity index (χ3n) is 6.03. The van der Waals surface area contributed by atoms with Crippen LogP contribution in [0.25, 0.3) is 11.0 Å². The Labute approximate surface area is 200 Å². The lowest BCUT2D eigenvalue weighted by atomic mass is 10.1. The lowest BCUT2D eigenvalue weighted by Gasteiger charge is -2.18. The van der Waals surface area contributed by atoms with E-state index in [9.17, 15) is 9.59 Å². The molecule has 0 spiro atoms. The number of fused-ring (bicyclic) bond motifs is 1. The maximum Gasteiger partial charge on any atom is 0.251 e. The highest BCUT2D eigenvalue weighted by Crippen LogP contribution is 2.19. The number of carbonyl (C=O) groups excluding carboxylic acids is 2. The molecule has 174 valence electrons. The first-order chi connectivity index (χ1) is 16.4. The van der Waals surface area contributed by atoms with Gasteiger partial charge in [-0.25, -0.2) is 4.98 Å². The lowest BCUT2D eigenvalue weighted by molar-refractivity contribution is -0.118. The number of aryl methyl sites for hydroxylation is 3. The van der Waals surface area contributed by atoms with Crippen molar-refractivity contribution in [2.75, 3.05) is 18.5 Å². The summed E-state index contributed by atoms with van der Waals surface area (Å²) in [6, 6.07) is 23.3. The van der Waals surface area contributed by atoms with Gasteiger partial charge in [-0.2, -0.15) is 0 Å². The quantitative estimate of drug-likeness (QED) is 0.393. The van der Waals surface area contributed by atoms with Gasteiger partial charge < -0.3 is 14.8 Å². The van der Waals surface area contributed by atoms with E-state index in [0.29, 0.717) is 18.5 Å². The van der Waals surface area contributed by atoms with Gasteiger partial charge in [0.2, 0.25) is 5.91 Å². The molecule has 4 aromatic rings. The van der Waals surface area contributed by atoms with E-state index < -0.39 is 0 Å². The number of rotatable bonds is 8. The van der Waals surface area contributed by atoms with Crippen molar-refractivity contribution in [2.45, 2.75) is 33.2 Å². The Morgan fingerprint density at radius 3 is 2.47 bits per heavy atom. The molecule has 3 aromatic carbocycles. The fraction of sp³-hybridized carbons (Fsp3) is 0.250. The van der Waals surface area contributed by atoms with E-state index in [0.717, 1.165) is 40.1 Å². The molecule has 0 fully saturated rings. The average Bonchev–Trinajstić information content (AvgIpc) is 3.18. The third kappa shape index (κ3) is 5.17. The number of para-hydroxylation sites is 3. The first-order valence-corrected chi connectivity index (χ1v) is 11.6. The van der Waals surface area contributed by atoms with Crippen LogP contribution in [0.4, 0.5) is 5.69 Å². The number of likely N-dealkylation sites (N-methyl/N-ethyl adjacent to an activating group) is 1. The van der Waals surface area contributed by atoms with Crippen LogP contribution >= 0.6 is 0 Å². The second-order valence-electron chi connectivity index (χ2n) is 8.57. The van der Waals surface area contributed by atoms with Crippen molar-refractivity contribution in [1.82, 2.24) is 14.9 Å². The summed E-state index contributed by atoms with van der Waals surface area (Å²) < 4.78 is 1.99. The number of benzene rings is 3. The summed E-state index contributed by atoms with van der Waals surface area (Å²) in [6.45, 7) is 4.71. The van der Waals surface area contributed by atoms with Crippen molar-refractivity contribution in [3.63, 3.8) is 0 Å². The maximum atomic E-state index is 13.1. The number of aromatic nitrogens is 2. The number of hydrogen-bond acceptors (Lipinski definition) is 3. The molecule has 0 aliphatic heterocycles. The van der Waals surface area contributed by atoms with Crippen LogP contribution in [0.5, 0.6) is 0 Å². The Bertz CT molecular complexity index is 1310. The Morgan fingerprint density at radius 1 is 0.971 bits per heavy atom. The molecule has 6 nitrogen and oxygen atoms in total. The predicted molar refractivity (Wildman–Crippen MR) is 136 cm³/mol. The van der Waals surface area contributed by atoms with E-state index in [1.807, 2.05) is 91.2 Å². The van der Waals surface area contributed by atoms with Crippen LogP contribution in [0, 0.1) is 13.8 Å². The van der Waals surface area contributed by atoms with Crippen molar-refractivity contribution in [3.8, 4) is 0 Å². The van der Waals surface area contributed by atoms with Gasteiger partial charge in [-0.1, -0.05) is 48.0 Å². The molecule has 1 aromatic heterocycles. The summed E-state index contributed by atoms with van der Waals surface area (Å²) in [5, 5.41) is 3.01. The summed E-state index contributed by atoms with van der Waals surface area (Å²) in [7, 11) is 1.79. The first kappa shape index (κ1) is 23.2. The molecule has 2 amide bonds. The van der Waals surface area contributed by atoms with Gasteiger partial charge >= 0.3 is 0 Å². The van der Waals surface area contributed by atoms with E-state index in [1.54, 1.807) is 11.9 Å². The van der Waals surface area contributed by atoms with Crippen LogP contribution in [0.2, 0.25) is 0 Å². The third-order valence-corrected chi connectivity index (χ3v) is 6.03. The van der Waals surface area contributed by atoms with E-state index in [4.69, 9.17) is 4.98 Å². The largest absolute Gasteiger partial charge is 0.352 e. The van der Waals surface area contributed by atoms with Gasteiger partial charge in [0, 0.05) is 31.3 Å². The Morgan fingerprint density at radius 2 is 1.71 bits per heavy atom. The predicted octanol–water partition coefficient (Wildman–Crippen LogP) is 4.68. The standard InChI is InChI=1S/C28H30N4O2/c1-20-15-16-23(21(2)18-20)28(34)29-17-9-14-26-30-24-12-7-8-13-25(24)32(26)19-27(33)31(3)22-10-5-4-6-11-22/h4-8,10-13,15-16,18H,9,14,17,19H2,1-3H3,(H,29,34). The Kier molecular flexibility index (Phi) is 7.07. The van der Waals surface area contributed by atoms with Crippen molar-refractivity contribution in [1.29, 1.82) is 0 Å². The molecule has 0 radical (unpaired) electrons. The lowest BCUT2D eigenvalue weighted by Crippen LogP contribution is -2.30. The van der Waals surface area contributed by atoms with Gasteiger partial charge in [0.1, 0.15) is 12.4 Å². The van der Waals surface area contributed by atoms with Gasteiger partial charge in [-0.15, -0.1) is 0 Å². The van der Waals surface area contributed by atoms with Crippen molar-refractivity contribution in [3.05, 3.63) is 95.3 Å². The van der Waals surface area contributed by atoms with Gasteiger partial charge in [-0.05, 0) is 56.2 Å². The molecule has 0 unspecified atom stereocenters. The van der Waals surface area contributed by atoms with Crippen LogP contribution in [0.3, 0.4) is 0 Å². The topological polar surface area (TPSA) is 67.2 Å². The van der Waals surface area contributed by atoms with Crippen molar-refractivity contribution < 1.29 is 9.59 Å². The van der Waals surface area contributed by atoms with Crippen LogP contribution < -0.4 is 10.2 Å². The molecule has 0 aliphatic rings. The van der Waals surface area contributed by atoms with Crippen molar-refractivity contribution >= 4 is 28.5 Å². The first-order valence-electron chi connectivity index (χ1n) is 11.6. The molecule has 0 saturated heterocycles. The average molecular weight is 455 g/mol. The number of hydrogen-bond donors (Lipinski definition) is 1. The minimum Gasteiger partial charge on any atom is -0.352 e. The Hall–Kier alpha value is -3.93. The van der Waals surface area contributed by atoms with Crippen LogP contribution in [-0.4, -0.2) is 35.0 Å². The highest BCUT2D eigenvalue weighted by Gasteiger charge is 2.17. The van der Waals surface area contributed by atoms with E-state index in [2.05, 4.69) is 5.32 Å². The van der Waals surface area contributed by atoms with Gasteiger partial charge in [0.05, 0.1) is 11.0 Å². The normalized spacial score (nSPS) is 10.9. The molecule has 1 N–H and O–H groups in total. The number of amides is 2. The summed E-state index contributed by atoms with van der Waals surface area (Å²) >= 11 is 0. The molecular formula is C28H30N4O2. The van der Waals surface area contributed by atoms with Crippen molar-refractivity contribution in [2.24, 2.45) is 0 Å². The number of nitrogens with one attached hydrogen (secondary N) is 1. The van der Waals surface area contributed by atoms with Crippen LogP contribution in [0.15, 0.2) is 72.8 Å². The number of carbonyl (C=O) groups is 2. The zero-order valence-corrected chi connectivity index (χ0v) is 19.9. The van der Waals surface area contributed by atoms with Gasteiger partial charge in [-0.3, -0.25) is 9.59 Å². The highest BCUT2D eigenvalue weighted by molar-refractivity contribution is 5.95.